The molecule has 1 aromatic heterocycles. The first-order chi connectivity index (χ1) is 12.3. The number of H-pyrrole nitrogens is 1. The van der Waals surface area contributed by atoms with Gasteiger partial charge >= 0.3 is 0 Å². The van der Waals surface area contributed by atoms with Crippen molar-refractivity contribution in [3.05, 3.63) is 66.4 Å². The van der Waals surface area contributed by atoms with Crippen LogP contribution >= 0.6 is 0 Å². The molecule has 0 aliphatic heterocycles. The third-order valence-electron chi connectivity index (χ3n) is 3.88. The molecular formula is C21H22N2O2. The van der Waals surface area contributed by atoms with Gasteiger partial charge in [0.2, 0.25) is 0 Å². The Bertz CT molecular complexity index is 818. The smallest absolute Gasteiger partial charge is 0.138 e. The van der Waals surface area contributed by atoms with Gasteiger partial charge in [-0.3, -0.25) is 0 Å². The van der Waals surface area contributed by atoms with Crippen LogP contribution in [0.2, 0.25) is 0 Å². The molecule has 128 valence electrons. The number of hydrogen-bond acceptors (Lipinski definition) is 3. The molecule has 0 atom stereocenters. The van der Waals surface area contributed by atoms with E-state index in [-0.39, 0.29) is 0 Å². The Balaban J connectivity index is 1.72. The van der Waals surface area contributed by atoms with Gasteiger partial charge in [0.1, 0.15) is 11.6 Å². The number of hydrogen-bond donors (Lipinski definition) is 1. The molecule has 3 rings (SSSR count). The normalized spacial score (nSPS) is 11.1. The van der Waals surface area contributed by atoms with Crippen LogP contribution in [-0.4, -0.2) is 30.3 Å². The van der Waals surface area contributed by atoms with Crippen molar-refractivity contribution in [2.45, 2.75) is 6.92 Å². The van der Waals surface area contributed by atoms with Crippen LogP contribution in [0.5, 0.6) is 5.75 Å². The Kier molecular flexibility index (Phi) is 5.65. The molecule has 0 bridgehead atoms. The standard InChI is InChI=1S/C21H22N2O2/c1-3-25-14-4-5-16-6-8-18(9-7-16)21-22-15-20(23-21)17-10-12-19(24-2)13-11-17/h4-13,15H,3,14H2,1-2H3,(H,22,23)/b5-4+. The van der Waals surface area contributed by atoms with Crippen molar-refractivity contribution in [2.75, 3.05) is 20.3 Å². The Morgan fingerprint density at radius 1 is 1.00 bits per heavy atom. The number of aromatic amines is 1. The van der Waals surface area contributed by atoms with Crippen molar-refractivity contribution in [1.82, 2.24) is 9.97 Å². The van der Waals surface area contributed by atoms with Crippen molar-refractivity contribution < 1.29 is 9.47 Å². The third kappa shape index (κ3) is 4.37. The van der Waals surface area contributed by atoms with E-state index in [2.05, 4.69) is 40.3 Å². The second kappa shape index (κ2) is 8.31. The summed E-state index contributed by atoms with van der Waals surface area (Å²) < 4.78 is 10.5. The fourth-order valence-electron chi connectivity index (χ4n) is 2.50. The minimum atomic E-state index is 0.641. The van der Waals surface area contributed by atoms with Gasteiger partial charge in [0.05, 0.1) is 19.4 Å². The number of rotatable bonds is 7. The van der Waals surface area contributed by atoms with Crippen LogP contribution in [0.15, 0.2) is 60.8 Å². The van der Waals surface area contributed by atoms with Crippen LogP contribution in [0.1, 0.15) is 12.5 Å². The minimum absolute atomic E-state index is 0.641. The maximum absolute atomic E-state index is 5.30. The van der Waals surface area contributed by atoms with E-state index in [1.54, 1.807) is 7.11 Å². The van der Waals surface area contributed by atoms with E-state index in [1.807, 2.05) is 43.5 Å². The highest BCUT2D eigenvalue weighted by Gasteiger charge is 2.06. The molecule has 0 saturated heterocycles. The van der Waals surface area contributed by atoms with E-state index in [4.69, 9.17) is 9.47 Å². The molecule has 4 nitrogen and oxygen atoms in total. The molecule has 0 aliphatic rings. The van der Waals surface area contributed by atoms with Crippen LogP contribution in [0, 0.1) is 0 Å². The first-order valence-electron chi connectivity index (χ1n) is 8.34. The Morgan fingerprint density at radius 3 is 2.40 bits per heavy atom. The quantitative estimate of drug-likeness (QED) is 0.631. The molecule has 1 heterocycles. The summed E-state index contributed by atoms with van der Waals surface area (Å²) in [5, 5.41) is 0. The first kappa shape index (κ1) is 17.0. The average Bonchev–Trinajstić information content (AvgIpc) is 3.16. The van der Waals surface area contributed by atoms with E-state index < -0.39 is 0 Å². The van der Waals surface area contributed by atoms with E-state index >= 15 is 0 Å². The maximum Gasteiger partial charge on any atom is 0.138 e. The van der Waals surface area contributed by atoms with Gasteiger partial charge in [0, 0.05) is 23.9 Å². The van der Waals surface area contributed by atoms with Gasteiger partial charge in [-0.1, -0.05) is 36.4 Å². The van der Waals surface area contributed by atoms with Crippen molar-refractivity contribution in [3.63, 3.8) is 0 Å². The van der Waals surface area contributed by atoms with Crippen molar-refractivity contribution >= 4 is 6.08 Å². The van der Waals surface area contributed by atoms with Gasteiger partial charge < -0.3 is 14.5 Å². The number of benzene rings is 2. The highest BCUT2D eigenvalue weighted by Crippen LogP contribution is 2.24. The molecule has 2 aromatic carbocycles. The maximum atomic E-state index is 5.30. The van der Waals surface area contributed by atoms with E-state index in [1.165, 1.54) is 0 Å². The zero-order chi connectivity index (χ0) is 17.5. The predicted octanol–water partition coefficient (Wildman–Crippen LogP) is 4.80. The second-order valence-corrected chi connectivity index (χ2v) is 5.55. The molecule has 0 radical (unpaired) electrons. The molecule has 0 unspecified atom stereocenters. The number of methoxy groups -OCH3 is 1. The lowest BCUT2D eigenvalue weighted by Crippen LogP contribution is -1.87. The molecule has 0 aliphatic carbocycles. The fraction of sp³-hybridized carbons (Fsp3) is 0.190. The van der Waals surface area contributed by atoms with Crippen molar-refractivity contribution in [1.29, 1.82) is 0 Å². The predicted molar refractivity (Wildman–Crippen MR) is 102 cm³/mol. The van der Waals surface area contributed by atoms with Crippen LogP contribution in [0.3, 0.4) is 0 Å². The molecule has 0 amide bonds. The van der Waals surface area contributed by atoms with Crippen LogP contribution < -0.4 is 4.74 Å². The van der Waals surface area contributed by atoms with E-state index in [0.717, 1.165) is 40.6 Å². The number of ether oxygens (including phenoxy) is 2. The lowest BCUT2D eigenvalue weighted by molar-refractivity contribution is 0.178. The summed E-state index contributed by atoms with van der Waals surface area (Å²) in [4.78, 5) is 7.94. The van der Waals surface area contributed by atoms with Gasteiger partial charge in [0.25, 0.3) is 0 Å². The first-order valence-corrected chi connectivity index (χ1v) is 8.34. The van der Waals surface area contributed by atoms with Gasteiger partial charge in [-0.25, -0.2) is 4.98 Å². The van der Waals surface area contributed by atoms with Crippen molar-refractivity contribution in [2.24, 2.45) is 0 Å². The van der Waals surface area contributed by atoms with Crippen LogP contribution in [0.25, 0.3) is 28.7 Å². The largest absolute Gasteiger partial charge is 0.497 e. The zero-order valence-corrected chi connectivity index (χ0v) is 14.5. The van der Waals surface area contributed by atoms with Gasteiger partial charge in [0.15, 0.2) is 0 Å². The molecule has 3 aromatic rings. The lowest BCUT2D eigenvalue weighted by atomic mass is 10.1. The van der Waals surface area contributed by atoms with E-state index in [0.29, 0.717) is 6.61 Å². The molecular weight excluding hydrogens is 312 g/mol. The number of aromatic nitrogens is 2. The molecule has 0 saturated carbocycles. The highest BCUT2D eigenvalue weighted by molar-refractivity contribution is 5.66. The molecule has 0 spiro atoms. The summed E-state index contributed by atoms with van der Waals surface area (Å²) in [5.41, 5.74) is 4.17. The molecule has 1 N–H and O–H groups in total. The SMILES string of the molecule is CCOC/C=C/c1ccc(-c2nc(-c3ccc(OC)cc3)c[nH]2)cc1. The molecule has 25 heavy (non-hydrogen) atoms. The summed E-state index contributed by atoms with van der Waals surface area (Å²) in [6, 6.07) is 16.2. The summed E-state index contributed by atoms with van der Waals surface area (Å²) >= 11 is 0. The fourth-order valence-corrected chi connectivity index (χ4v) is 2.50. The minimum Gasteiger partial charge on any atom is -0.497 e. The number of nitrogens with one attached hydrogen (secondary N) is 1. The van der Waals surface area contributed by atoms with Gasteiger partial charge in [-0.2, -0.15) is 0 Å². The topological polar surface area (TPSA) is 47.1 Å². The monoisotopic (exact) mass is 334 g/mol. The summed E-state index contributed by atoms with van der Waals surface area (Å²) in [5.74, 6) is 1.70. The Labute approximate surface area is 148 Å². The Morgan fingerprint density at radius 2 is 1.72 bits per heavy atom. The third-order valence-corrected chi connectivity index (χ3v) is 3.88. The number of imidazole rings is 1. The van der Waals surface area contributed by atoms with Crippen molar-refractivity contribution in [3.8, 4) is 28.4 Å². The van der Waals surface area contributed by atoms with Gasteiger partial charge in [-0.05, 0) is 36.8 Å². The molecule has 4 heteroatoms. The summed E-state index contributed by atoms with van der Waals surface area (Å²) in [6.07, 6.45) is 6.00. The summed E-state index contributed by atoms with van der Waals surface area (Å²) in [7, 11) is 1.66. The number of nitrogens with zero attached hydrogens (tertiary/aromatic N) is 1. The van der Waals surface area contributed by atoms with E-state index in [9.17, 15) is 0 Å². The lowest BCUT2D eigenvalue weighted by Gasteiger charge is -2.01. The zero-order valence-electron chi connectivity index (χ0n) is 14.5. The molecule has 0 fully saturated rings. The average molecular weight is 334 g/mol. The highest BCUT2D eigenvalue weighted by atomic mass is 16.5. The Hall–Kier alpha value is -2.85. The van der Waals surface area contributed by atoms with Crippen LogP contribution in [0.4, 0.5) is 0 Å². The summed E-state index contributed by atoms with van der Waals surface area (Å²) in [6.45, 7) is 3.37. The second-order valence-electron chi connectivity index (χ2n) is 5.55. The van der Waals surface area contributed by atoms with Gasteiger partial charge in [-0.15, -0.1) is 0 Å². The van der Waals surface area contributed by atoms with Crippen LogP contribution in [-0.2, 0) is 4.74 Å².